The van der Waals surface area contributed by atoms with Crippen molar-refractivity contribution in [3.8, 4) is 62.0 Å². The third-order valence-corrected chi connectivity index (χ3v) is 10.7. The van der Waals surface area contributed by atoms with Crippen molar-refractivity contribution >= 4 is 38.3 Å². The summed E-state index contributed by atoms with van der Waals surface area (Å²) >= 11 is 0. The Hall–Kier alpha value is -7.50. The van der Waals surface area contributed by atoms with Crippen LogP contribution in [-0.4, -0.2) is 9.97 Å². The lowest BCUT2D eigenvalue weighted by molar-refractivity contribution is 0.260. The summed E-state index contributed by atoms with van der Waals surface area (Å²) < 4.78 is 12.4. The van der Waals surface area contributed by atoms with Gasteiger partial charge in [0.2, 0.25) is 5.89 Å². The van der Waals surface area contributed by atoms with Crippen molar-refractivity contribution in [1.29, 1.82) is 0 Å². The van der Waals surface area contributed by atoms with Gasteiger partial charge in [-0.05, 0) is 87.3 Å². The molecule has 0 amide bonds. The molecular weight excluding hydrogens is 687 g/mol. The number of aromatic nitrogens is 2. The Bertz CT molecular complexity index is 3040. The lowest BCUT2D eigenvalue weighted by Gasteiger charge is -2.18. The van der Waals surface area contributed by atoms with Crippen molar-refractivity contribution in [2.75, 3.05) is 5.32 Å². The van der Waals surface area contributed by atoms with E-state index in [1.54, 1.807) is 0 Å². The maximum absolute atomic E-state index is 6.27. The summed E-state index contributed by atoms with van der Waals surface area (Å²) in [4.78, 5) is 10.4. The number of hydrogen-bond acceptors (Lipinski definition) is 5. The van der Waals surface area contributed by atoms with E-state index in [1.165, 1.54) is 21.5 Å². The Morgan fingerprint density at radius 3 is 1.61 bits per heavy atom. The zero-order chi connectivity index (χ0) is 37.0. The Balaban J connectivity index is 1.09. The van der Waals surface area contributed by atoms with Gasteiger partial charge in [-0.25, -0.2) is 9.97 Å². The second-order valence-corrected chi connectivity index (χ2v) is 14.2. The largest absolute Gasteiger partial charge is 0.464 e. The second-order valence-electron chi connectivity index (χ2n) is 14.2. The highest BCUT2D eigenvalue weighted by Crippen LogP contribution is 2.43. The molecule has 5 nitrogen and oxygen atoms in total. The van der Waals surface area contributed by atoms with Gasteiger partial charge >= 0.3 is 0 Å². The number of benzene rings is 8. The molecule has 1 unspecified atom stereocenters. The van der Waals surface area contributed by atoms with Crippen molar-refractivity contribution in [1.82, 2.24) is 9.97 Å². The van der Waals surface area contributed by atoms with E-state index in [0.29, 0.717) is 5.89 Å². The quantitative estimate of drug-likeness (QED) is 0.185. The molecule has 0 saturated heterocycles. The van der Waals surface area contributed by atoms with Crippen molar-refractivity contribution in [2.24, 2.45) is 0 Å². The average molecular weight is 720 g/mol. The van der Waals surface area contributed by atoms with Crippen LogP contribution < -0.4 is 10.1 Å². The highest BCUT2D eigenvalue weighted by molar-refractivity contribution is 5.96. The number of oxazole rings is 1. The molecule has 1 atom stereocenters. The van der Waals surface area contributed by atoms with Gasteiger partial charge in [-0.2, -0.15) is 0 Å². The van der Waals surface area contributed by atoms with Crippen LogP contribution in [0.3, 0.4) is 0 Å². The van der Waals surface area contributed by atoms with Gasteiger partial charge in [0.05, 0.1) is 17.1 Å². The molecule has 0 bridgehead atoms. The highest BCUT2D eigenvalue weighted by Gasteiger charge is 2.24. The minimum Gasteiger partial charge on any atom is -0.464 e. The minimum atomic E-state index is -0.259. The molecule has 3 heterocycles. The fraction of sp³-hybridized carbons (Fsp3) is 0.0196. The van der Waals surface area contributed by atoms with Crippen LogP contribution in [0.25, 0.3) is 88.9 Å². The monoisotopic (exact) mass is 719 g/mol. The van der Waals surface area contributed by atoms with Gasteiger partial charge in [-0.3, -0.25) is 0 Å². The third-order valence-electron chi connectivity index (χ3n) is 10.7. The molecule has 1 N–H and O–H groups in total. The number of anilines is 1. The zero-order valence-electron chi connectivity index (χ0n) is 30.2. The molecule has 1 aliphatic heterocycles. The van der Waals surface area contributed by atoms with Crippen molar-refractivity contribution < 1.29 is 9.15 Å². The van der Waals surface area contributed by atoms with Crippen LogP contribution in [0.2, 0.25) is 0 Å². The molecule has 264 valence electrons. The SMILES string of the molecule is c1ccc2c(c1)NC(c1ccc(-c3cc(-c4ccc(-c5nc6ccccc6o5)cc4)c(-c4ccc5ccccc5c4)nc3-c3ccc4ccccc4c3)cc1)O2. The van der Waals surface area contributed by atoms with Crippen LogP contribution in [0.4, 0.5) is 5.69 Å². The van der Waals surface area contributed by atoms with Crippen LogP contribution in [0.1, 0.15) is 11.8 Å². The Kier molecular flexibility index (Phi) is 7.49. The molecule has 0 aliphatic carbocycles. The van der Waals surface area contributed by atoms with Crippen molar-refractivity contribution in [3.05, 3.63) is 194 Å². The van der Waals surface area contributed by atoms with Gasteiger partial charge in [-0.1, -0.05) is 133 Å². The number of nitrogens with zero attached hydrogens (tertiary/aromatic N) is 2. The van der Waals surface area contributed by atoms with E-state index in [0.717, 1.165) is 78.4 Å². The molecular formula is C51H33N3O2. The fourth-order valence-corrected chi connectivity index (χ4v) is 7.83. The van der Waals surface area contributed by atoms with Gasteiger partial charge in [0.15, 0.2) is 11.8 Å². The summed E-state index contributed by atoms with van der Waals surface area (Å²) in [5, 5.41) is 8.23. The van der Waals surface area contributed by atoms with E-state index in [2.05, 4.69) is 145 Å². The summed E-state index contributed by atoms with van der Waals surface area (Å²) in [6.07, 6.45) is -0.259. The van der Waals surface area contributed by atoms with E-state index in [4.69, 9.17) is 19.1 Å². The number of pyridine rings is 1. The molecule has 8 aromatic carbocycles. The molecule has 2 aromatic heterocycles. The molecule has 11 rings (SSSR count). The summed E-state index contributed by atoms with van der Waals surface area (Å²) in [7, 11) is 0. The van der Waals surface area contributed by atoms with E-state index < -0.39 is 0 Å². The molecule has 1 aliphatic rings. The number of rotatable bonds is 6. The van der Waals surface area contributed by atoms with E-state index in [1.807, 2.05) is 48.5 Å². The number of nitrogens with one attached hydrogen (secondary N) is 1. The minimum absolute atomic E-state index is 0.259. The number of hydrogen-bond donors (Lipinski definition) is 1. The second kappa shape index (κ2) is 13.1. The average Bonchev–Trinajstić information content (AvgIpc) is 3.91. The topological polar surface area (TPSA) is 60.2 Å². The van der Waals surface area contributed by atoms with Crippen LogP contribution in [0.5, 0.6) is 5.75 Å². The molecule has 10 aromatic rings. The number of ether oxygens (including phenoxy) is 1. The number of fused-ring (bicyclic) bond motifs is 4. The lowest BCUT2D eigenvalue weighted by Crippen LogP contribution is -2.09. The molecule has 0 fully saturated rings. The zero-order valence-corrected chi connectivity index (χ0v) is 30.2. The van der Waals surface area contributed by atoms with Crippen LogP contribution in [-0.2, 0) is 0 Å². The van der Waals surface area contributed by atoms with Crippen LogP contribution >= 0.6 is 0 Å². The van der Waals surface area contributed by atoms with Gasteiger partial charge in [0.1, 0.15) is 11.3 Å². The first-order valence-electron chi connectivity index (χ1n) is 18.8. The molecule has 0 spiro atoms. The normalized spacial score (nSPS) is 13.5. The maximum atomic E-state index is 6.27. The third kappa shape index (κ3) is 5.65. The van der Waals surface area contributed by atoms with E-state index in [-0.39, 0.29) is 6.23 Å². The van der Waals surface area contributed by atoms with Crippen LogP contribution in [0, 0.1) is 0 Å². The Morgan fingerprint density at radius 2 is 0.964 bits per heavy atom. The summed E-state index contributed by atoms with van der Waals surface area (Å²) in [6.45, 7) is 0. The predicted molar refractivity (Wildman–Crippen MR) is 227 cm³/mol. The van der Waals surface area contributed by atoms with Gasteiger partial charge in [0.25, 0.3) is 0 Å². The molecule has 56 heavy (non-hydrogen) atoms. The first kappa shape index (κ1) is 32.0. The lowest BCUT2D eigenvalue weighted by atomic mass is 9.90. The molecule has 5 heteroatoms. The fourth-order valence-electron chi connectivity index (χ4n) is 7.83. The van der Waals surface area contributed by atoms with Crippen molar-refractivity contribution in [3.63, 3.8) is 0 Å². The van der Waals surface area contributed by atoms with E-state index >= 15 is 0 Å². The van der Waals surface area contributed by atoms with Crippen LogP contribution in [0.15, 0.2) is 192 Å². The van der Waals surface area contributed by atoms with E-state index in [9.17, 15) is 0 Å². The summed E-state index contributed by atoms with van der Waals surface area (Å²) in [5.41, 5.74) is 12.7. The Labute approximate surface area is 323 Å². The van der Waals surface area contributed by atoms with Gasteiger partial charge in [-0.15, -0.1) is 0 Å². The predicted octanol–water partition coefficient (Wildman–Crippen LogP) is 13.4. The molecule has 0 saturated carbocycles. The maximum Gasteiger partial charge on any atom is 0.227 e. The number of para-hydroxylation sites is 4. The Morgan fingerprint density at radius 1 is 0.429 bits per heavy atom. The highest BCUT2D eigenvalue weighted by atomic mass is 16.5. The molecule has 0 radical (unpaired) electrons. The summed E-state index contributed by atoms with van der Waals surface area (Å²) in [5.74, 6) is 1.46. The first-order valence-corrected chi connectivity index (χ1v) is 18.8. The first-order chi connectivity index (χ1) is 27.7. The smallest absolute Gasteiger partial charge is 0.227 e. The standard InChI is InChI=1S/C51H33N3O2/c1-3-11-38-29-40(27-17-32(38)9-1)48-42(34-19-23-36(24-20-34)50-52-44-13-5-7-15-46(44)55-50)31-43(49(54-48)41-28-18-33-10-2-4-12-39(33)30-41)35-21-25-37(26-22-35)51-53-45-14-6-8-16-47(45)56-51/h1-31,50,52H. The van der Waals surface area contributed by atoms with Crippen molar-refractivity contribution in [2.45, 2.75) is 6.23 Å². The summed E-state index contributed by atoms with van der Waals surface area (Å²) in [6, 6.07) is 65.6. The van der Waals surface area contributed by atoms with Gasteiger partial charge < -0.3 is 14.5 Å². The van der Waals surface area contributed by atoms with Gasteiger partial charge in [0, 0.05) is 33.4 Å².